The summed E-state index contributed by atoms with van der Waals surface area (Å²) < 4.78 is 37.1. The van der Waals surface area contributed by atoms with E-state index in [2.05, 4.69) is 25.9 Å². The van der Waals surface area contributed by atoms with Crippen molar-refractivity contribution in [1.29, 1.82) is 0 Å². The maximum Gasteiger partial charge on any atom is 0.493 e. The lowest BCUT2D eigenvalue weighted by Crippen LogP contribution is -2.33. The summed E-state index contributed by atoms with van der Waals surface area (Å²) in [6.45, 7) is 1.93. The summed E-state index contributed by atoms with van der Waals surface area (Å²) in [5, 5.41) is 11.7. The van der Waals surface area contributed by atoms with E-state index in [-0.39, 0.29) is 17.1 Å². The molecular formula is C21H19F3N6O4. The molecule has 34 heavy (non-hydrogen) atoms. The predicted molar refractivity (Wildman–Crippen MR) is 116 cm³/mol. The number of aryl methyl sites for hydroxylation is 1. The number of hydrogen-bond acceptors (Lipinski definition) is 6. The average molecular weight is 476 g/mol. The summed E-state index contributed by atoms with van der Waals surface area (Å²) in [6, 6.07) is 13.5. The van der Waals surface area contributed by atoms with Gasteiger partial charge in [0.1, 0.15) is 0 Å². The van der Waals surface area contributed by atoms with E-state index in [1.807, 2.05) is 19.1 Å². The van der Waals surface area contributed by atoms with E-state index in [1.54, 1.807) is 36.4 Å². The molecule has 3 aromatic rings. The molecule has 3 rings (SSSR count). The normalized spacial score (nSPS) is 10.9. The summed E-state index contributed by atoms with van der Waals surface area (Å²) in [5.74, 6) is -3.56. The highest BCUT2D eigenvalue weighted by Gasteiger charge is 2.42. The first-order valence-electron chi connectivity index (χ1n) is 9.68. The van der Waals surface area contributed by atoms with Crippen molar-refractivity contribution in [2.45, 2.75) is 19.6 Å². The quantitative estimate of drug-likeness (QED) is 0.413. The van der Waals surface area contributed by atoms with E-state index < -0.39 is 29.8 Å². The first kappa shape index (κ1) is 24.1. The molecule has 0 atom stereocenters. The van der Waals surface area contributed by atoms with Crippen LogP contribution in [0.15, 0.2) is 54.7 Å². The number of para-hydroxylation sites is 1. The van der Waals surface area contributed by atoms with Crippen molar-refractivity contribution in [2.24, 2.45) is 5.73 Å². The Balaban J connectivity index is 1.66. The number of halogens is 3. The Morgan fingerprint density at radius 2 is 1.79 bits per heavy atom. The molecule has 0 unspecified atom stereocenters. The smallest absolute Gasteiger partial charge is 0.378 e. The fourth-order valence-corrected chi connectivity index (χ4v) is 2.80. The van der Waals surface area contributed by atoms with Crippen LogP contribution in [0.2, 0.25) is 0 Å². The number of amides is 3. The minimum absolute atomic E-state index is 0.0573. The lowest BCUT2D eigenvalue weighted by atomic mass is 10.2. The summed E-state index contributed by atoms with van der Waals surface area (Å²) >= 11 is 0. The molecule has 10 nitrogen and oxygen atoms in total. The van der Waals surface area contributed by atoms with Gasteiger partial charge in [-0.2, -0.15) is 13.2 Å². The van der Waals surface area contributed by atoms with Crippen LogP contribution in [0.25, 0.3) is 0 Å². The predicted octanol–water partition coefficient (Wildman–Crippen LogP) is 3.06. The second-order valence-corrected chi connectivity index (χ2v) is 6.98. The SMILES string of the molecule is Cc1ccccc1NC(=O)Nc1cccc(CNc2cn(OC(=O)C(F)(F)F)nc2C(N)=O)c1. The largest absolute Gasteiger partial charge is 0.493 e. The number of anilines is 3. The van der Waals surface area contributed by atoms with Crippen molar-refractivity contribution < 1.29 is 32.4 Å². The van der Waals surface area contributed by atoms with E-state index >= 15 is 0 Å². The van der Waals surface area contributed by atoms with Crippen LogP contribution in [-0.2, 0) is 11.3 Å². The third kappa shape index (κ3) is 6.25. The van der Waals surface area contributed by atoms with Crippen molar-refractivity contribution in [3.05, 3.63) is 71.5 Å². The number of aromatic nitrogens is 2. The molecule has 0 bridgehead atoms. The van der Waals surface area contributed by atoms with Gasteiger partial charge in [0.05, 0.1) is 11.9 Å². The molecule has 0 aliphatic rings. The first-order valence-corrected chi connectivity index (χ1v) is 9.68. The van der Waals surface area contributed by atoms with Crippen LogP contribution < -0.4 is 26.5 Å². The Bertz CT molecular complexity index is 1230. The second-order valence-electron chi connectivity index (χ2n) is 6.98. The zero-order valence-corrected chi connectivity index (χ0v) is 17.6. The Hall–Kier alpha value is -4.55. The van der Waals surface area contributed by atoms with Gasteiger partial charge in [0.2, 0.25) is 0 Å². The van der Waals surface area contributed by atoms with Gasteiger partial charge in [0.15, 0.2) is 5.69 Å². The fraction of sp³-hybridized carbons (Fsp3) is 0.143. The van der Waals surface area contributed by atoms with Crippen molar-refractivity contribution in [3.63, 3.8) is 0 Å². The van der Waals surface area contributed by atoms with Gasteiger partial charge in [0, 0.05) is 17.9 Å². The fourth-order valence-electron chi connectivity index (χ4n) is 2.80. The molecule has 5 N–H and O–H groups in total. The number of nitrogens with two attached hydrogens (primary N) is 1. The average Bonchev–Trinajstić information content (AvgIpc) is 3.16. The monoisotopic (exact) mass is 476 g/mol. The molecule has 1 aromatic heterocycles. The third-order valence-corrected chi connectivity index (χ3v) is 4.40. The van der Waals surface area contributed by atoms with Crippen LogP contribution in [0.3, 0.4) is 0 Å². The number of nitrogens with zero attached hydrogens (tertiary/aromatic N) is 2. The molecule has 0 spiro atoms. The van der Waals surface area contributed by atoms with E-state index in [0.29, 0.717) is 16.9 Å². The number of benzene rings is 2. The van der Waals surface area contributed by atoms with Crippen molar-refractivity contribution >= 4 is 35.0 Å². The Labute approximate surface area is 190 Å². The zero-order valence-electron chi connectivity index (χ0n) is 17.6. The number of alkyl halides is 3. The van der Waals surface area contributed by atoms with Crippen LogP contribution in [0.1, 0.15) is 21.6 Å². The van der Waals surface area contributed by atoms with Crippen LogP contribution in [0.5, 0.6) is 0 Å². The highest BCUT2D eigenvalue weighted by atomic mass is 19.4. The summed E-state index contributed by atoms with van der Waals surface area (Å²) in [4.78, 5) is 39.1. The molecule has 2 aromatic carbocycles. The Morgan fingerprint density at radius 1 is 1.06 bits per heavy atom. The van der Waals surface area contributed by atoms with Gasteiger partial charge in [-0.25, -0.2) is 9.59 Å². The summed E-state index contributed by atoms with van der Waals surface area (Å²) in [6.07, 6.45) is -4.37. The van der Waals surface area contributed by atoms with E-state index in [9.17, 15) is 27.6 Å². The molecule has 0 aliphatic heterocycles. The first-order chi connectivity index (χ1) is 16.0. The molecule has 0 saturated carbocycles. The number of hydrogen-bond donors (Lipinski definition) is 4. The standard InChI is InChI=1S/C21H19F3N6O4/c1-12-5-2-3-8-15(12)28-20(33)27-14-7-4-6-13(9-14)10-26-16-11-30(29-17(16)18(25)31)34-19(32)21(22,23)24/h2-9,11,26H,10H2,1H3,(H2,25,31)(H2,27,28,33). The van der Waals surface area contributed by atoms with Crippen LogP contribution in [0, 0.1) is 6.92 Å². The second kappa shape index (κ2) is 9.94. The van der Waals surface area contributed by atoms with E-state index in [0.717, 1.165) is 11.8 Å². The molecule has 178 valence electrons. The minimum atomic E-state index is -5.24. The van der Waals surface area contributed by atoms with Gasteiger partial charge in [-0.05, 0) is 36.2 Å². The van der Waals surface area contributed by atoms with Gasteiger partial charge in [-0.1, -0.05) is 35.2 Å². The van der Waals surface area contributed by atoms with Crippen molar-refractivity contribution in [2.75, 3.05) is 16.0 Å². The molecule has 0 aliphatic carbocycles. The van der Waals surface area contributed by atoms with Gasteiger partial charge >= 0.3 is 18.2 Å². The summed E-state index contributed by atoms with van der Waals surface area (Å²) in [7, 11) is 0. The lowest BCUT2D eigenvalue weighted by Gasteiger charge is -2.11. The maximum absolute atomic E-state index is 12.4. The third-order valence-electron chi connectivity index (χ3n) is 4.40. The number of carbonyl (C=O) groups is 3. The number of nitrogens with one attached hydrogen (secondary N) is 3. The molecule has 0 saturated heterocycles. The van der Waals surface area contributed by atoms with E-state index in [1.165, 1.54) is 0 Å². The van der Waals surface area contributed by atoms with Gasteiger partial charge in [-0.3, -0.25) is 4.79 Å². The van der Waals surface area contributed by atoms with E-state index in [4.69, 9.17) is 5.73 Å². The Morgan fingerprint density at radius 3 is 2.47 bits per heavy atom. The van der Waals surface area contributed by atoms with Crippen LogP contribution in [-0.4, -0.2) is 34.0 Å². The summed E-state index contributed by atoms with van der Waals surface area (Å²) in [5.41, 5.74) is 7.36. The minimum Gasteiger partial charge on any atom is -0.378 e. The lowest BCUT2D eigenvalue weighted by molar-refractivity contribution is -0.201. The number of primary amides is 1. The molecule has 0 radical (unpaired) electrons. The highest BCUT2D eigenvalue weighted by molar-refractivity contribution is 6.00. The van der Waals surface area contributed by atoms with Crippen LogP contribution >= 0.6 is 0 Å². The molecule has 0 fully saturated rings. The maximum atomic E-state index is 12.4. The molecule has 3 amide bonds. The Kier molecular flexibility index (Phi) is 7.04. The number of urea groups is 1. The van der Waals surface area contributed by atoms with Crippen molar-refractivity contribution in [3.8, 4) is 0 Å². The molecule has 1 heterocycles. The van der Waals surface area contributed by atoms with Gasteiger partial charge in [0.25, 0.3) is 5.91 Å². The zero-order chi connectivity index (χ0) is 24.9. The number of rotatable bonds is 7. The molecule has 13 heteroatoms. The number of carbonyl (C=O) groups excluding carboxylic acids is 3. The topological polar surface area (TPSA) is 140 Å². The van der Waals surface area contributed by atoms with Crippen LogP contribution in [0.4, 0.5) is 35.0 Å². The highest BCUT2D eigenvalue weighted by Crippen LogP contribution is 2.19. The van der Waals surface area contributed by atoms with Crippen molar-refractivity contribution in [1.82, 2.24) is 9.94 Å². The van der Waals surface area contributed by atoms with Gasteiger partial charge < -0.3 is 26.5 Å². The molecular weight excluding hydrogens is 457 g/mol. The van der Waals surface area contributed by atoms with Gasteiger partial charge in [-0.15, -0.1) is 5.10 Å².